The van der Waals surface area contributed by atoms with Crippen LogP contribution < -0.4 is 15.4 Å². The predicted molar refractivity (Wildman–Crippen MR) is 103 cm³/mol. The molecular weight excluding hydrogens is 368 g/mol. The Kier molecular flexibility index (Phi) is 6.67. The number of halogens is 1. The Bertz CT molecular complexity index is 684. The van der Waals surface area contributed by atoms with Crippen LogP contribution in [0.5, 0.6) is 5.75 Å². The Morgan fingerprint density at radius 1 is 1.12 bits per heavy atom. The number of anilines is 2. The third kappa shape index (κ3) is 5.27. The van der Waals surface area contributed by atoms with E-state index in [1.807, 2.05) is 57.2 Å². The number of nitrogens with one attached hydrogen (secondary N) is 2. The van der Waals surface area contributed by atoms with Gasteiger partial charge in [0.05, 0.1) is 11.1 Å². The maximum absolute atomic E-state index is 11.7. The molecule has 24 heavy (non-hydrogen) atoms. The van der Waals surface area contributed by atoms with Gasteiger partial charge in [-0.1, -0.05) is 19.9 Å². The van der Waals surface area contributed by atoms with Crippen molar-refractivity contribution in [3.8, 4) is 5.75 Å². The molecule has 2 aromatic rings. The summed E-state index contributed by atoms with van der Waals surface area (Å²) in [6.07, 6.45) is 0. The van der Waals surface area contributed by atoms with Gasteiger partial charge in [-0.3, -0.25) is 4.79 Å². The van der Waals surface area contributed by atoms with Gasteiger partial charge in [0.25, 0.3) is 0 Å². The standard InChI is InChI=1S/C19H23BrN2O2/c1-4-24-18-10-5-14(11-17(18)20)12-21-15-6-8-16(9-7-15)22-19(23)13(2)3/h5-11,13,21H,4,12H2,1-3H3,(H,22,23). The summed E-state index contributed by atoms with van der Waals surface area (Å²) in [7, 11) is 0. The maximum atomic E-state index is 11.7. The van der Waals surface area contributed by atoms with Crippen molar-refractivity contribution in [1.82, 2.24) is 0 Å². The van der Waals surface area contributed by atoms with Crippen molar-refractivity contribution in [2.24, 2.45) is 5.92 Å². The number of hydrogen-bond acceptors (Lipinski definition) is 3. The van der Waals surface area contributed by atoms with E-state index in [1.165, 1.54) is 0 Å². The molecule has 0 aliphatic heterocycles. The van der Waals surface area contributed by atoms with Crippen molar-refractivity contribution >= 4 is 33.2 Å². The van der Waals surface area contributed by atoms with Crippen LogP contribution in [0.3, 0.4) is 0 Å². The number of rotatable bonds is 7. The van der Waals surface area contributed by atoms with Gasteiger partial charge in [-0.15, -0.1) is 0 Å². The topological polar surface area (TPSA) is 50.4 Å². The van der Waals surface area contributed by atoms with Gasteiger partial charge in [-0.25, -0.2) is 0 Å². The normalized spacial score (nSPS) is 10.5. The Hall–Kier alpha value is -2.01. The summed E-state index contributed by atoms with van der Waals surface area (Å²) in [6, 6.07) is 13.8. The summed E-state index contributed by atoms with van der Waals surface area (Å²) in [6.45, 7) is 7.08. The lowest BCUT2D eigenvalue weighted by Crippen LogP contribution is -2.17. The zero-order valence-corrected chi connectivity index (χ0v) is 15.8. The first-order valence-electron chi connectivity index (χ1n) is 8.05. The van der Waals surface area contributed by atoms with Crippen molar-refractivity contribution in [3.63, 3.8) is 0 Å². The third-order valence-electron chi connectivity index (χ3n) is 3.47. The minimum Gasteiger partial charge on any atom is -0.493 e. The molecule has 2 aromatic carbocycles. The Morgan fingerprint density at radius 3 is 2.38 bits per heavy atom. The molecule has 0 unspecified atom stereocenters. The molecule has 0 aliphatic rings. The number of benzene rings is 2. The average molecular weight is 391 g/mol. The molecule has 0 aromatic heterocycles. The van der Waals surface area contributed by atoms with Gasteiger partial charge in [0.2, 0.25) is 5.91 Å². The highest BCUT2D eigenvalue weighted by atomic mass is 79.9. The van der Waals surface area contributed by atoms with Crippen LogP contribution in [0.15, 0.2) is 46.9 Å². The Morgan fingerprint density at radius 2 is 1.79 bits per heavy atom. The van der Waals surface area contributed by atoms with Crippen molar-refractivity contribution in [1.29, 1.82) is 0 Å². The average Bonchev–Trinajstić information content (AvgIpc) is 2.56. The number of amides is 1. The third-order valence-corrected chi connectivity index (χ3v) is 4.09. The number of carbonyl (C=O) groups excluding carboxylic acids is 1. The summed E-state index contributed by atoms with van der Waals surface area (Å²) in [5.41, 5.74) is 2.97. The molecule has 0 saturated heterocycles. The first kappa shape index (κ1) is 18.3. The van der Waals surface area contributed by atoms with Crippen molar-refractivity contribution in [3.05, 3.63) is 52.5 Å². The van der Waals surface area contributed by atoms with E-state index in [-0.39, 0.29) is 11.8 Å². The molecule has 2 N–H and O–H groups in total. The summed E-state index contributed by atoms with van der Waals surface area (Å²) in [4.78, 5) is 11.7. The predicted octanol–water partition coefficient (Wildman–Crippen LogP) is 5.05. The second-order valence-electron chi connectivity index (χ2n) is 5.77. The molecule has 0 aliphatic carbocycles. The molecule has 4 nitrogen and oxygen atoms in total. The molecule has 0 saturated carbocycles. The summed E-state index contributed by atoms with van der Waals surface area (Å²) in [5, 5.41) is 6.25. The van der Waals surface area contributed by atoms with E-state index in [1.54, 1.807) is 0 Å². The van der Waals surface area contributed by atoms with Crippen LogP contribution in [0, 0.1) is 5.92 Å². The highest BCUT2D eigenvalue weighted by Gasteiger charge is 2.07. The van der Waals surface area contributed by atoms with Gasteiger partial charge < -0.3 is 15.4 Å². The van der Waals surface area contributed by atoms with Crippen LogP contribution in [0.2, 0.25) is 0 Å². The zero-order chi connectivity index (χ0) is 17.5. The highest BCUT2D eigenvalue weighted by molar-refractivity contribution is 9.10. The number of carbonyl (C=O) groups is 1. The lowest BCUT2D eigenvalue weighted by Gasteiger charge is -2.11. The minimum atomic E-state index is -0.0269. The Balaban J connectivity index is 1.92. The molecule has 1 amide bonds. The van der Waals surface area contributed by atoms with Crippen molar-refractivity contribution in [2.75, 3.05) is 17.2 Å². The Labute approximate surface area is 151 Å². The van der Waals surface area contributed by atoms with Gasteiger partial charge >= 0.3 is 0 Å². The molecule has 0 heterocycles. The SMILES string of the molecule is CCOc1ccc(CNc2ccc(NC(=O)C(C)C)cc2)cc1Br. The molecule has 0 bridgehead atoms. The van der Waals surface area contributed by atoms with E-state index in [9.17, 15) is 4.79 Å². The maximum Gasteiger partial charge on any atom is 0.226 e. The van der Waals surface area contributed by atoms with Crippen LogP contribution in [0.4, 0.5) is 11.4 Å². The van der Waals surface area contributed by atoms with E-state index in [0.717, 1.165) is 27.2 Å². The van der Waals surface area contributed by atoms with Crippen LogP contribution in [-0.2, 0) is 11.3 Å². The molecule has 0 spiro atoms. The van der Waals surface area contributed by atoms with Crippen LogP contribution in [0.1, 0.15) is 26.3 Å². The lowest BCUT2D eigenvalue weighted by molar-refractivity contribution is -0.118. The lowest BCUT2D eigenvalue weighted by atomic mass is 10.2. The second-order valence-corrected chi connectivity index (χ2v) is 6.63. The van der Waals surface area contributed by atoms with Gasteiger partial charge in [-0.2, -0.15) is 0 Å². The van der Waals surface area contributed by atoms with Gasteiger partial charge in [0.15, 0.2) is 0 Å². The molecular formula is C19H23BrN2O2. The van der Waals surface area contributed by atoms with E-state index < -0.39 is 0 Å². The van der Waals surface area contributed by atoms with Crippen molar-refractivity contribution < 1.29 is 9.53 Å². The second kappa shape index (κ2) is 8.73. The first-order chi connectivity index (χ1) is 11.5. The summed E-state index contributed by atoms with van der Waals surface area (Å²) in [5.74, 6) is 0.849. The smallest absolute Gasteiger partial charge is 0.226 e. The first-order valence-corrected chi connectivity index (χ1v) is 8.85. The molecule has 0 atom stereocenters. The fourth-order valence-electron chi connectivity index (χ4n) is 2.09. The molecule has 5 heteroatoms. The van der Waals surface area contributed by atoms with Crippen LogP contribution in [-0.4, -0.2) is 12.5 Å². The molecule has 2 rings (SSSR count). The van der Waals surface area contributed by atoms with Crippen LogP contribution in [0.25, 0.3) is 0 Å². The van der Waals surface area contributed by atoms with E-state index in [2.05, 4.69) is 32.6 Å². The molecule has 0 radical (unpaired) electrons. The van der Waals surface area contributed by atoms with Gasteiger partial charge in [0.1, 0.15) is 5.75 Å². The summed E-state index contributed by atoms with van der Waals surface area (Å²) < 4.78 is 6.47. The van der Waals surface area contributed by atoms with Gasteiger partial charge in [-0.05, 0) is 64.8 Å². The molecule has 128 valence electrons. The summed E-state index contributed by atoms with van der Waals surface area (Å²) >= 11 is 3.53. The monoisotopic (exact) mass is 390 g/mol. The minimum absolute atomic E-state index is 0.0231. The van der Waals surface area contributed by atoms with Crippen molar-refractivity contribution in [2.45, 2.75) is 27.3 Å². The zero-order valence-electron chi connectivity index (χ0n) is 14.2. The quantitative estimate of drug-likeness (QED) is 0.694. The largest absolute Gasteiger partial charge is 0.493 e. The van der Waals surface area contributed by atoms with E-state index in [4.69, 9.17) is 4.74 Å². The fraction of sp³-hybridized carbons (Fsp3) is 0.316. The van der Waals surface area contributed by atoms with E-state index in [0.29, 0.717) is 13.2 Å². The van der Waals surface area contributed by atoms with Crippen LogP contribution >= 0.6 is 15.9 Å². The van der Waals surface area contributed by atoms with E-state index >= 15 is 0 Å². The number of hydrogen-bond donors (Lipinski definition) is 2. The highest BCUT2D eigenvalue weighted by Crippen LogP contribution is 2.26. The van der Waals surface area contributed by atoms with Gasteiger partial charge in [0, 0.05) is 23.8 Å². The fourth-order valence-corrected chi connectivity index (χ4v) is 2.63. The molecule has 0 fully saturated rings. The number of ether oxygens (including phenoxy) is 1.